The number of benzene rings is 4. The molecule has 4 aromatic carbocycles. The second kappa shape index (κ2) is 12.5. The van der Waals surface area contributed by atoms with E-state index in [-0.39, 0.29) is 16.9 Å². The summed E-state index contributed by atoms with van der Waals surface area (Å²) in [5.41, 5.74) is 21.2. The third-order valence-electron chi connectivity index (χ3n) is 13.5. The second-order valence-corrected chi connectivity index (χ2v) is 16.2. The molecular formula is C50H49N. The van der Waals surface area contributed by atoms with Gasteiger partial charge >= 0.3 is 0 Å². The molecule has 2 N–H and O–H groups in total. The Labute approximate surface area is 304 Å². The maximum atomic E-state index is 7.38. The van der Waals surface area contributed by atoms with E-state index in [0.717, 1.165) is 19.3 Å². The van der Waals surface area contributed by atoms with Gasteiger partial charge in [-0.1, -0.05) is 177 Å². The van der Waals surface area contributed by atoms with Crippen molar-refractivity contribution in [2.45, 2.75) is 63.3 Å². The average molecular weight is 664 g/mol. The summed E-state index contributed by atoms with van der Waals surface area (Å²) in [6.07, 6.45) is 26.8. The van der Waals surface area contributed by atoms with Crippen LogP contribution >= 0.6 is 0 Å². The highest BCUT2D eigenvalue weighted by molar-refractivity contribution is 5.86. The number of rotatable bonds is 6. The molecule has 0 saturated heterocycles. The molecule has 4 aromatic rings. The predicted octanol–water partition coefficient (Wildman–Crippen LogP) is 12.0. The third-order valence-corrected chi connectivity index (χ3v) is 13.5. The van der Waals surface area contributed by atoms with E-state index >= 15 is 0 Å². The number of fused-ring (bicyclic) bond motifs is 6. The lowest BCUT2D eigenvalue weighted by atomic mass is 9.53. The van der Waals surface area contributed by atoms with Gasteiger partial charge in [-0.25, -0.2) is 0 Å². The Morgan fingerprint density at radius 1 is 0.745 bits per heavy atom. The van der Waals surface area contributed by atoms with Crippen LogP contribution in [-0.4, -0.2) is 6.04 Å². The lowest BCUT2D eigenvalue weighted by Crippen LogP contribution is -2.49. The van der Waals surface area contributed by atoms with Crippen LogP contribution in [0, 0.1) is 23.2 Å². The van der Waals surface area contributed by atoms with Gasteiger partial charge in [0, 0.05) is 23.3 Å². The highest BCUT2D eigenvalue weighted by Gasteiger charge is 2.49. The van der Waals surface area contributed by atoms with Crippen LogP contribution < -0.4 is 5.73 Å². The molecule has 0 aliphatic heterocycles. The summed E-state index contributed by atoms with van der Waals surface area (Å²) < 4.78 is 0. The van der Waals surface area contributed by atoms with Crippen molar-refractivity contribution in [1.82, 2.24) is 0 Å². The van der Waals surface area contributed by atoms with E-state index in [1.165, 1.54) is 50.1 Å². The van der Waals surface area contributed by atoms with Crippen LogP contribution in [0.2, 0.25) is 0 Å². The Morgan fingerprint density at radius 2 is 1.49 bits per heavy atom. The summed E-state index contributed by atoms with van der Waals surface area (Å²) in [6.45, 7) is 7.25. The first-order valence-corrected chi connectivity index (χ1v) is 19.1. The maximum Gasteiger partial charge on any atom is 0.0328 e. The molecular weight excluding hydrogens is 615 g/mol. The molecule has 0 radical (unpaired) electrons. The van der Waals surface area contributed by atoms with Gasteiger partial charge in [-0.05, 0) is 99.4 Å². The Morgan fingerprint density at radius 3 is 2.29 bits per heavy atom. The van der Waals surface area contributed by atoms with E-state index in [0.29, 0.717) is 29.6 Å². The molecule has 254 valence electrons. The molecule has 51 heavy (non-hydrogen) atoms. The van der Waals surface area contributed by atoms with E-state index in [9.17, 15) is 0 Å². The van der Waals surface area contributed by atoms with E-state index in [2.05, 4.69) is 179 Å². The number of hydrogen-bond acceptors (Lipinski definition) is 1. The van der Waals surface area contributed by atoms with Crippen molar-refractivity contribution in [2.75, 3.05) is 0 Å². The van der Waals surface area contributed by atoms with Gasteiger partial charge in [0.15, 0.2) is 0 Å². The van der Waals surface area contributed by atoms with Crippen LogP contribution in [0.15, 0.2) is 169 Å². The second-order valence-electron chi connectivity index (χ2n) is 16.2. The fourth-order valence-electron chi connectivity index (χ4n) is 10.6. The molecule has 1 nitrogen and oxygen atoms in total. The van der Waals surface area contributed by atoms with Gasteiger partial charge in [-0.15, -0.1) is 0 Å². The summed E-state index contributed by atoms with van der Waals surface area (Å²) in [4.78, 5) is 0. The largest absolute Gasteiger partial charge is 0.326 e. The molecule has 0 spiro atoms. The van der Waals surface area contributed by atoms with Gasteiger partial charge in [-0.2, -0.15) is 0 Å². The number of allylic oxidation sites excluding steroid dienone is 10. The summed E-state index contributed by atoms with van der Waals surface area (Å²) >= 11 is 0. The van der Waals surface area contributed by atoms with E-state index in [4.69, 9.17) is 5.73 Å². The normalized spacial score (nSPS) is 28.8. The number of hydrogen-bond donors (Lipinski definition) is 1. The predicted molar refractivity (Wildman–Crippen MR) is 214 cm³/mol. The van der Waals surface area contributed by atoms with Crippen LogP contribution in [0.3, 0.4) is 0 Å². The first-order chi connectivity index (χ1) is 24.9. The van der Waals surface area contributed by atoms with Gasteiger partial charge in [0.25, 0.3) is 0 Å². The van der Waals surface area contributed by atoms with Crippen molar-refractivity contribution in [3.8, 4) is 22.3 Å². The summed E-state index contributed by atoms with van der Waals surface area (Å²) in [5, 5.41) is 0. The molecule has 0 aromatic heterocycles. The fourth-order valence-corrected chi connectivity index (χ4v) is 10.6. The lowest BCUT2D eigenvalue weighted by Gasteiger charge is -2.51. The van der Waals surface area contributed by atoms with E-state index < -0.39 is 0 Å². The summed E-state index contributed by atoms with van der Waals surface area (Å²) in [7, 11) is 0. The minimum atomic E-state index is -0.314. The van der Waals surface area contributed by atoms with E-state index in [1.807, 2.05) is 0 Å². The standard InChI is InChI=1S/C50H49N/c1-33-39-19-10-11-20-41(39)43-22-14-21-40(47(33)43)34-24-26-35(27-25-34)45-32-49(2)30-13-12-23-46(49)44-31-38(28-29-42(44)45)50(3,37-17-8-5-9-18-37)48(51)36-15-6-4-7-16-36/h4-15,17-28,30-31,33,36,42,45-46,48H,16,29,32,51H2,1-3H3. The Balaban J connectivity index is 1.09. The molecule has 5 aliphatic rings. The van der Waals surface area contributed by atoms with E-state index in [1.54, 1.807) is 5.57 Å². The minimum Gasteiger partial charge on any atom is -0.326 e. The molecule has 1 fully saturated rings. The third kappa shape index (κ3) is 5.15. The van der Waals surface area contributed by atoms with Crippen molar-refractivity contribution in [2.24, 2.45) is 28.9 Å². The number of nitrogens with two attached hydrogens (primary N) is 1. The SMILES string of the molecule is CC1c2ccccc2-c2cccc(-c3ccc(C4CC5(C)C=CC=CC5C5=CC(C(C)(c6ccccc6)C(N)C6C=CC=CC6)=CCC54)cc3)c21. The van der Waals surface area contributed by atoms with Gasteiger partial charge in [-0.3, -0.25) is 0 Å². The first-order valence-electron chi connectivity index (χ1n) is 19.1. The molecule has 8 unspecified atom stereocenters. The Kier molecular flexibility index (Phi) is 7.89. The van der Waals surface area contributed by atoms with Crippen molar-refractivity contribution in [3.63, 3.8) is 0 Å². The quantitative estimate of drug-likeness (QED) is 0.218. The molecule has 0 bridgehead atoms. The minimum absolute atomic E-state index is 0.0456. The van der Waals surface area contributed by atoms with Crippen molar-refractivity contribution < 1.29 is 0 Å². The highest BCUT2D eigenvalue weighted by Crippen LogP contribution is 2.59. The van der Waals surface area contributed by atoms with Crippen molar-refractivity contribution in [1.29, 1.82) is 0 Å². The zero-order valence-electron chi connectivity index (χ0n) is 30.2. The van der Waals surface area contributed by atoms with Crippen LogP contribution in [-0.2, 0) is 5.41 Å². The van der Waals surface area contributed by atoms with Gasteiger partial charge in [0.05, 0.1) is 0 Å². The molecule has 1 heteroatoms. The maximum absolute atomic E-state index is 7.38. The fraction of sp³-hybridized carbons (Fsp3) is 0.280. The monoisotopic (exact) mass is 663 g/mol. The summed E-state index contributed by atoms with van der Waals surface area (Å²) in [6, 6.07) is 36.5. The van der Waals surface area contributed by atoms with Crippen LogP contribution in [0.1, 0.15) is 74.1 Å². The first kappa shape index (κ1) is 32.2. The smallest absolute Gasteiger partial charge is 0.0328 e. The lowest BCUT2D eigenvalue weighted by molar-refractivity contribution is 0.195. The zero-order chi connectivity index (χ0) is 34.7. The van der Waals surface area contributed by atoms with Gasteiger partial charge in [0.2, 0.25) is 0 Å². The topological polar surface area (TPSA) is 26.0 Å². The average Bonchev–Trinajstić information content (AvgIpc) is 3.49. The highest BCUT2D eigenvalue weighted by atomic mass is 14.7. The molecule has 9 rings (SSSR count). The van der Waals surface area contributed by atoms with Crippen LogP contribution in [0.5, 0.6) is 0 Å². The van der Waals surface area contributed by atoms with Crippen molar-refractivity contribution in [3.05, 3.63) is 191 Å². The Hall–Kier alpha value is -4.72. The Bertz CT molecular complexity index is 2160. The van der Waals surface area contributed by atoms with Gasteiger partial charge < -0.3 is 5.73 Å². The summed E-state index contributed by atoms with van der Waals surface area (Å²) in [5.74, 6) is 1.96. The molecule has 1 saturated carbocycles. The molecule has 0 amide bonds. The molecule has 0 heterocycles. The molecule has 5 aliphatic carbocycles. The van der Waals surface area contributed by atoms with Crippen molar-refractivity contribution >= 4 is 0 Å². The van der Waals surface area contributed by atoms with Crippen LogP contribution in [0.4, 0.5) is 0 Å². The molecule has 8 atom stereocenters. The van der Waals surface area contributed by atoms with Gasteiger partial charge in [0.1, 0.15) is 0 Å². The zero-order valence-corrected chi connectivity index (χ0v) is 30.2. The van der Waals surface area contributed by atoms with Crippen LogP contribution in [0.25, 0.3) is 22.3 Å².